The molecule has 0 spiro atoms. The largest absolute Gasteiger partial charge is 0.356 e. The predicted octanol–water partition coefficient (Wildman–Crippen LogP) is 3.22. The Hall–Kier alpha value is -0.550. The number of halogens is 1. The van der Waals surface area contributed by atoms with Gasteiger partial charge in [0.1, 0.15) is 0 Å². The number of hydrogen-bond donors (Lipinski definition) is 2. The number of aryl methyl sites for hydroxylation is 2. The van der Waals surface area contributed by atoms with Crippen molar-refractivity contribution in [2.75, 3.05) is 38.2 Å². The summed E-state index contributed by atoms with van der Waals surface area (Å²) in [6.45, 7) is 6.84. The van der Waals surface area contributed by atoms with Gasteiger partial charge in [-0.1, -0.05) is 0 Å². The molecule has 0 bridgehead atoms. The predicted molar refractivity (Wildman–Crippen MR) is 135 cm³/mol. The van der Waals surface area contributed by atoms with Crippen LogP contribution in [0.15, 0.2) is 4.99 Å². The number of aliphatic imine (C=N–C) groups is 1. The van der Waals surface area contributed by atoms with Gasteiger partial charge in [-0.2, -0.15) is 11.8 Å². The van der Waals surface area contributed by atoms with Crippen LogP contribution >= 0.6 is 47.1 Å². The molecule has 1 saturated carbocycles. The van der Waals surface area contributed by atoms with E-state index in [9.17, 15) is 4.79 Å². The molecule has 2 heterocycles. The molecule has 1 aliphatic heterocycles. The zero-order chi connectivity index (χ0) is 19.9. The molecule has 1 aliphatic carbocycles. The summed E-state index contributed by atoms with van der Waals surface area (Å²) >= 11 is 3.73. The van der Waals surface area contributed by atoms with Crippen LogP contribution in [-0.2, 0) is 11.2 Å². The Labute approximate surface area is 200 Å². The number of amides is 1. The average Bonchev–Trinajstić information content (AvgIpc) is 3.04. The van der Waals surface area contributed by atoms with E-state index in [2.05, 4.69) is 39.4 Å². The minimum Gasteiger partial charge on any atom is -0.356 e. The number of carbonyl (C=O) groups is 1. The summed E-state index contributed by atoms with van der Waals surface area (Å²) in [6.07, 6.45) is 5.00. The molecule has 3 rings (SSSR count). The quantitative estimate of drug-likeness (QED) is 0.334. The van der Waals surface area contributed by atoms with Crippen LogP contribution in [0.4, 0.5) is 0 Å². The third kappa shape index (κ3) is 7.27. The van der Waals surface area contributed by atoms with E-state index in [-0.39, 0.29) is 29.9 Å². The summed E-state index contributed by atoms with van der Waals surface area (Å²) in [5.41, 5.74) is 1.14. The van der Waals surface area contributed by atoms with Crippen molar-refractivity contribution in [1.82, 2.24) is 20.5 Å². The van der Waals surface area contributed by atoms with Crippen LogP contribution in [0.2, 0.25) is 0 Å². The molecule has 2 aliphatic rings. The second kappa shape index (κ2) is 12.3. The number of nitrogens with one attached hydrogen (secondary N) is 2. The molecule has 1 saturated heterocycles. The zero-order valence-corrected chi connectivity index (χ0v) is 21.7. The molecule has 1 amide bonds. The monoisotopic (exact) mass is 551 g/mol. The molecule has 29 heavy (non-hydrogen) atoms. The van der Waals surface area contributed by atoms with Crippen molar-refractivity contribution in [1.29, 1.82) is 0 Å². The minimum absolute atomic E-state index is 0. The number of rotatable bonds is 5. The van der Waals surface area contributed by atoms with Crippen LogP contribution in [0.3, 0.4) is 0 Å². The average molecular weight is 552 g/mol. The number of nitrogens with zero attached hydrogens (tertiary/aromatic N) is 3. The van der Waals surface area contributed by atoms with Gasteiger partial charge in [0, 0.05) is 61.4 Å². The molecule has 0 aromatic carbocycles. The van der Waals surface area contributed by atoms with E-state index >= 15 is 0 Å². The first-order valence-electron chi connectivity index (χ1n) is 10.3. The highest BCUT2D eigenvalue weighted by Crippen LogP contribution is 2.27. The lowest BCUT2D eigenvalue weighted by Crippen LogP contribution is -2.47. The fourth-order valence-electron chi connectivity index (χ4n) is 4.01. The number of aromatic nitrogens is 1. The van der Waals surface area contributed by atoms with Crippen molar-refractivity contribution < 1.29 is 4.79 Å². The Bertz CT molecular complexity index is 682. The van der Waals surface area contributed by atoms with Crippen molar-refractivity contribution >= 4 is 58.9 Å². The highest BCUT2D eigenvalue weighted by Gasteiger charge is 2.30. The van der Waals surface area contributed by atoms with Crippen LogP contribution in [0.1, 0.15) is 41.3 Å². The van der Waals surface area contributed by atoms with E-state index < -0.39 is 0 Å². The fraction of sp³-hybridized carbons (Fsp3) is 0.750. The highest BCUT2D eigenvalue weighted by atomic mass is 127. The summed E-state index contributed by atoms with van der Waals surface area (Å²) < 4.78 is 0. The topological polar surface area (TPSA) is 69.6 Å². The molecule has 0 unspecified atom stereocenters. The normalized spacial score (nSPS) is 22.7. The van der Waals surface area contributed by atoms with Gasteiger partial charge in [0.05, 0.1) is 10.7 Å². The molecule has 1 aromatic heterocycles. The molecular formula is C20H34IN5OS2. The van der Waals surface area contributed by atoms with Gasteiger partial charge in [0.2, 0.25) is 5.91 Å². The van der Waals surface area contributed by atoms with E-state index in [4.69, 9.17) is 0 Å². The highest BCUT2D eigenvalue weighted by molar-refractivity contribution is 14.0. The Morgan fingerprint density at radius 2 is 1.90 bits per heavy atom. The lowest BCUT2D eigenvalue weighted by Gasteiger charge is -2.34. The van der Waals surface area contributed by atoms with Crippen LogP contribution in [0.25, 0.3) is 0 Å². The first kappa shape index (κ1) is 24.7. The third-order valence-electron chi connectivity index (χ3n) is 5.61. The van der Waals surface area contributed by atoms with Crippen molar-refractivity contribution in [2.24, 2.45) is 10.9 Å². The minimum atomic E-state index is 0. The summed E-state index contributed by atoms with van der Waals surface area (Å²) in [6, 6.07) is 0.402. The Kier molecular flexibility index (Phi) is 10.5. The molecule has 1 aromatic rings. The standard InChI is InChI=1S/C20H33N5OS2.HI/c1-14-18(28-15(2)23-14)8-9-22-20(21-3)24-17-6-4-16(5-7-17)19(26)25-10-12-27-13-11-25;/h16-17H,4-13H2,1-3H3,(H2,21,22,24);1H. The van der Waals surface area contributed by atoms with Crippen LogP contribution in [-0.4, -0.2) is 66.0 Å². The summed E-state index contributed by atoms with van der Waals surface area (Å²) in [7, 11) is 1.82. The fourth-order valence-corrected chi connectivity index (χ4v) is 5.85. The second-order valence-corrected chi connectivity index (χ2v) is 10.1. The van der Waals surface area contributed by atoms with Gasteiger partial charge in [0.25, 0.3) is 0 Å². The Morgan fingerprint density at radius 3 is 2.48 bits per heavy atom. The number of guanidine groups is 1. The second-order valence-electron chi connectivity index (χ2n) is 7.62. The Morgan fingerprint density at radius 1 is 1.21 bits per heavy atom. The van der Waals surface area contributed by atoms with Gasteiger partial charge in [-0.3, -0.25) is 9.79 Å². The molecule has 2 fully saturated rings. The van der Waals surface area contributed by atoms with Crippen LogP contribution in [0, 0.1) is 19.8 Å². The molecule has 164 valence electrons. The van der Waals surface area contributed by atoms with Gasteiger partial charge in [-0.25, -0.2) is 4.98 Å². The molecule has 9 heteroatoms. The Balaban J connectivity index is 0.00000300. The van der Waals surface area contributed by atoms with E-state index in [1.165, 1.54) is 4.88 Å². The SMILES string of the molecule is CN=C(NCCc1sc(C)nc1C)NC1CCC(C(=O)N2CCSCC2)CC1.I. The zero-order valence-electron chi connectivity index (χ0n) is 17.7. The van der Waals surface area contributed by atoms with Crippen molar-refractivity contribution in [2.45, 2.75) is 52.0 Å². The number of thioether (sulfide) groups is 1. The van der Waals surface area contributed by atoms with E-state index in [0.29, 0.717) is 11.9 Å². The van der Waals surface area contributed by atoms with Gasteiger partial charge in [-0.05, 0) is 39.5 Å². The lowest BCUT2D eigenvalue weighted by atomic mass is 9.85. The molecule has 6 nitrogen and oxygen atoms in total. The first-order valence-corrected chi connectivity index (χ1v) is 12.3. The van der Waals surface area contributed by atoms with E-state index in [1.54, 1.807) is 11.3 Å². The number of carbonyl (C=O) groups excluding carboxylic acids is 1. The van der Waals surface area contributed by atoms with Crippen LogP contribution < -0.4 is 10.6 Å². The summed E-state index contributed by atoms with van der Waals surface area (Å²) in [5.74, 6) is 3.64. The first-order chi connectivity index (χ1) is 13.6. The van der Waals surface area contributed by atoms with E-state index in [1.807, 2.05) is 18.8 Å². The van der Waals surface area contributed by atoms with E-state index in [0.717, 1.165) is 79.9 Å². The molecule has 0 radical (unpaired) electrons. The van der Waals surface area contributed by atoms with Crippen LogP contribution in [0.5, 0.6) is 0 Å². The van der Waals surface area contributed by atoms with Crippen molar-refractivity contribution in [3.8, 4) is 0 Å². The molecule has 0 atom stereocenters. The van der Waals surface area contributed by atoms with Crippen molar-refractivity contribution in [3.63, 3.8) is 0 Å². The van der Waals surface area contributed by atoms with Crippen molar-refractivity contribution in [3.05, 3.63) is 15.6 Å². The number of hydrogen-bond acceptors (Lipinski definition) is 5. The van der Waals surface area contributed by atoms with Gasteiger partial charge in [-0.15, -0.1) is 35.3 Å². The molecular weight excluding hydrogens is 517 g/mol. The maximum Gasteiger partial charge on any atom is 0.225 e. The third-order valence-corrected chi connectivity index (χ3v) is 7.68. The van der Waals surface area contributed by atoms with Gasteiger partial charge in [0.15, 0.2) is 5.96 Å². The lowest BCUT2D eigenvalue weighted by molar-refractivity contribution is -0.136. The molecule has 2 N–H and O–H groups in total. The van der Waals surface area contributed by atoms with Gasteiger partial charge >= 0.3 is 0 Å². The van der Waals surface area contributed by atoms with Gasteiger partial charge < -0.3 is 15.5 Å². The number of thiazole rings is 1. The smallest absolute Gasteiger partial charge is 0.225 e. The maximum atomic E-state index is 12.7. The summed E-state index contributed by atoms with van der Waals surface area (Å²) in [5, 5.41) is 8.11. The summed E-state index contributed by atoms with van der Waals surface area (Å²) in [4.78, 5) is 25.0. The maximum absolute atomic E-state index is 12.7.